The number of hydrogen-bond donors (Lipinski definition) is 3. The Morgan fingerprint density at radius 2 is 2.00 bits per heavy atom. The van der Waals surface area contributed by atoms with E-state index in [0.717, 1.165) is 19.3 Å². The summed E-state index contributed by atoms with van der Waals surface area (Å²) in [7, 11) is 0. The Bertz CT molecular complexity index is 207. The highest BCUT2D eigenvalue weighted by Gasteiger charge is 2.25. The minimum atomic E-state index is -0.158. The Kier molecular flexibility index (Phi) is 8.17. The molecule has 17 heavy (non-hydrogen) atoms. The number of amides is 1. The molecule has 1 atom stereocenters. The molecule has 0 aromatic heterocycles. The summed E-state index contributed by atoms with van der Waals surface area (Å²) in [5, 5.41) is 12.3. The van der Waals surface area contributed by atoms with Gasteiger partial charge >= 0.3 is 0 Å². The van der Waals surface area contributed by atoms with Crippen LogP contribution in [0.4, 0.5) is 0 Å². The van der Waals surface area contributed by atoms with Crippen molar-refractivity contribution in [1.29, 1.82) is 0 Å². The lowest BCUT2D eigenvalue weighted by Crippen LogP contribution is -2.39. The first-order valence-electron chi connectivity index (χ1n) is 6.61. The van der Waals surface area contributed by atoms with Crippen LogP contribution in [0, 0.1) is 11.3 Å². The van der Waals surface area contributed by atoms with Crippen LogP contribution < -0.4 is 11.1 Å². The van der Waals surface area contributed by atoms with Crippen LogP contribution in [0.1, 0.15) is 46.5 Å². The lowest BCUT2D eigenvalue weighted by atomic mass is 9.83. The van der Waals surface area contributed by atoms with Crippen molar-refractivity contribution in [3.05, 3.63) is 0 Å². The molecule has 4 N–H and O–H groups in total. The molecule has 4 heteroatoms. The summed E-state index contributed by atoms with van der Waals surface area (Å²) < 4.78 is 0. The Morgan fingerprint density at radius 1 is 1.41 bits per heavy atom. The summed E-state index contributed by atoms with van der Waals surface area (Å²) in [6, 6.07) is 0. The molecule has 0 aliphatic heterocycles. The van der Waals surface area contributed by atoms with Gasteiger partial charge in [-0.2, -0.15) is 0 Å². The van der Waals surface area contributed by atoms with Crippen molar-refractivity contribution in [2.24, 2.45) is 17.1 Å². The quantitative estimate of drug-likeness (QED) is 0.572. The average Bonchev–Trinajstić information content (AvgIpc) is 2.38. The number of carbonyl (C=O) groups is 1. The van der Waals surface area contributed by atoms with Gasteiger partial charge in [-0.05, 0) is 31.7 Å². The van der Waals surface area contributed by atoms with Gasteiger partial charge in [0, 0.05) is 18.4 Å². The van der Waals surface area contributed by atoms with E-state index in [2.05, 4.69) is 5.32 Å². The molecule has 0 radical (unpaired) electrons. The molecular formula is C13H28N2O2. The lowest BCUT2D eigenvalue weighted by molar-refractivity contribution is -0.122. The smallest absolute Gasteiger partial charge is 0.220 e. The number of carbonyl (C=O) groups excluding carboxylic acids is 1. The van der Waals surface area contributed by atoms with E-state index in [1.807, 2.05) is 20.8 Å². The van der Waals surface area contributed by atoms with Crippen LogP contribution in [0.15, 0.2) is 0 Å². The second-order valence-electron chi connectivity index (χ2n) is 5.02. The number of aliphatic hydroxyl groups excluding tert-OH is 1. The van der Waals surface area contributed by atoms with Gasteiger partial charge in [-0.25, -0.2) is 0 Å². The van der Waals surface area contributed by atoms with Gasteiger partial charge in [0.15, 0.2) is 0 Å². The van der Waals surface area contributed by atoms with Gasteiger partial charge in [0.05, 0.1) is 6.61 Å². The maximum Gasteiger partial charge on any atom is 0.220 e. The molecule has 0 spiro atoms. The molecule has 0 saturated carbocycles. The molecule has 0 aliphatic rings. The Morgan fingerprint density at radius 3 is 2.41 bits per heavy atom. The second-order valence-corrected chi connectivity index (χ2v) is 5.02. The van der Waals surface area contributed by atoms with E-state index in [0.29, 0.717) is 25.4 Å². The second kappa shape index (κ2) is 8.48. The first kappa shape index (κ1) is 16.4. The number of nitrogens with one attached hydrogen (secondary N) is 1. The Balaban J connectivity index is 3.97. The third-order valence-electron chi connectivity index (χ3n) is 3.76. The van der Waals surface area contributed by atoms with Crippen LogP contribution in [0.5, 0.6) is 0 Å². The van der Waals surface area contributed by atoms with Gasteiger partial charge in [0.1, 0.15) is 0 Å². The first-order chi connectivity index (χ1) is 8.03. The minimum Gasteiger partial charge on any atom is -0.396 e. The Hall–Kier alpha value is -0.610. The van der Waals surface area contributed by atoms with E-state index in [-0.39, 0.29) is 17.9 Å². The fourth-order valence-corrected chi connectivity index (χ4v) is 1.65. The molecule has 0 bridgehead atoms. The molecule has 1 unspecified atom stereocenters. The lowest BCUT2D eigenvalue weighted by Gasteiger charge is -2.29. The van der Waals surface area contributed by atoms with Crippen LogP contribution in [-0.2, 0) is 4.79 Å². The topological polar surface area (TPSA) is 75.3 Å². The number of nitrogens with two attached hydrogens (primary N) is 1. The fraction of sp³-hybridized carbons (Fsp3) is 0.923. The zero-order chi connectivity index (χ0) is 13.3. The monoisotopic (exact) mass is 244 g/mol. The highest BCUT2D eigenvalue weighted by molar-refractivity contribution is 5.75. The van der Waals surface area contributed by atoms with Crippen molar-refractivity contribution >= 4 is 5.91 Å². The van der Waals surface area contributed by atoms with Gasteiger partial charge in [-0.15, -0.1) is 0 Å². The minimum absolute atomic E-state index is 0.0602. The predicted octanol–water partition coefficient (Wildman–Crippen LogP) is 1.28. The van der Waals surface area contributed by atoms with E-state index < -0.39 is 0 Å². The van der Waals surface area contributed by atoms with Gasteiger partial charge in [-0.1, -0.05) is 20.8 Å². The summed E-state index contributed by atoms with van der Waals surface area (Å²) in [6.07, 6.45) is 3.10. The molecule has 0 aliphatic carbocycles. The number of aliphatic hydroxyl groups is 1. The van der Waals surface area contributed by atoms with Crippen molar-refractivity contribution in [3.63, 3.8) is 0 Å². The molecule has 1 amide bonds. The van der Waals surface area contributed by atoms with E-state index in [1.54, 1.807) is 0 Å². The molecule has 0 fully saturated rings. The zero-order valence-corrected chi connectivity index (χ0v) is 11.5. The molecule has 4 nitrogen and oxygen atoms in total. The van der Waals surface area contributed by atoms with Crippen molar-refractivity contribution in [2.45, 2.75) is 46.5 Å². The molecule has 0 heterocycles. The van der Waals surface area contributed by atoms with Crippen molar-refractivity contribution < 1.29 is 9.90 Å². The van der Waals surface area contributed by atoms with Gasteiger partial charge < -0.3 is 16.2 Å². The molecule has 0 aromatic carbocycles. The largest absolute Gasteiger partial charge is 0.396 e. The third-order valence-corrected chi connectivity index (χ3v) is 3.76. The fourth-order valence-electron chi connectivity index (χ4n) is 1.65. The first-order valence-corrected chi connectivity index (χ1v) is 6.61. The summed E-state index contributed by atoms with van der Waals surface area (Å²) >= 11 is 0. The highest BCUT2D eigenvalue weighted by atomic mass is 16.3. The van der Waals surface area contributed by atoms with Gasteiger partial charge in [-0.3, -0.25) is 4.79 Å². The maximum atomic E-state index is 11.6. The summed E-state index contributed by atoms with van der Waals surface area (Å²) in [5.74, 6) is 0.450. The average molecular weight is 244 g/mol. The van der Waals surface area contributed by atoms with E-state index in [9.17, 15) is 9.90 Å². The van der Waals surface area contributed by atoms with Gasteiger partial charge in [0.25, 0.3) is 0 Å². The summed E-state index contributed by atoms with van der Waals surface area (Å²) in [4.78, 5) is 11.6. The number of rotatable bonds is 9. The maximum absolute atomic E-state index is 11.6. The molecule has 0 aromatic rings. The van der Waals surface area contributed by atoms with Crippen molar-refractivity contribution in [3.8, 4) is 0 Å². The van der Waals surface area contributed by atoms with Crippen LogP contribution in [-0.4, -0.2) is 30.7 Å². The Labute approximate surface area is 105 Å². The molecule has 0 saturated heterocycles. The van der Waals surface area contributed by atoms with E-state index >= 15 is 0 Å². The number of hydrogen-bond acceptors (Lipinski definition) is 3. The molecular weight excluding hydrogens is 216 g/mol. The van der Waals surface area contributed by atoms with Crippen LogP contribution in [0.3, 0.4) is 0 Å². The molecule has 0 rings (SSSR count). The zero-order valence-electron chi connectivity index (χ0n) is 11.5. The van der Waals surface area contributed by atoms with Crippen LogP contribution in [0.25, 0.3) is 0 Å². The van der Waals surface area contributed by atoms with E-state index in [4.69, 9.17) is 5.73 Å². The third kappa shape index (κ3) is 6.03. The predicted molar refractivity (Wildman–Crippen MR) is 70.6 cm³/mol. The molecule has 102 valence electrons. The van der Waals surface area contributed by atoms with Crippen molar-refractivity contribution in [2.75, 3.05) is 19.7 Å². The highest BCUT2D eigenvalue weighted by Crippen LogP contribution is 2.24. The van der Waals surface area contributed by atoms with Gasteiger partial charge in [0.2, 0.25) is 5.91 Å². The van der Waals surface area contributed by atoms with E-state index in [1.165, 1.54) is 0 Å². The van der Waals surface area contributed by atoms with Crippen LogP contribution in [0.2, 0.25) is 0 Å². The summed E-state index contributed by atoms with van der Waals surface area (Å²) in [6.45, 7) is 7.44. The standard InChI is InChI=1S/C13H28N2O2/c1-4-13(5-2,10-16)9-15-12(17)7-6-11(3)8-14/h11,16H,4-10,14H2,1-3H3,(H,15,17). The van der Waals surface area contributed by atoms with Crippen molar-refractivity contribution in [1.82, 2.24) is 5.32 Å². The summed E-state index contributed by atoms with van der Waals surface area (Å²) in [5.41, 5.74) is 5.34. The normalized spacial score (nSPS) is 13.5. The SMILES string of the molecule is CCC(CC)(CO)CNC(=O)CCC(C)CN. The van der Waals surface area contributed by atoms with Crippen LogP contribution >= 0.6 is 0 Å².